The monoisotopic (exact) mass is 382 g/mol. The van der Waals surface area contributed by atoms with Crippen LogP contribution in [0.15, 0.2) is 0 Å². The SMILES string of the molecule is O=C(O)N1CCNC1.O=C(O)N1CCNC1.O=C(O)N1CCNC1.P. The van der Waals surface area contributed by atoms with Crippen molar-refractivity contribution in [1.29, 1.82) is 0 Å². The zero-order valence-electron chi connectivity index (χ0n) is 14.0. The molecule has 1 unspecified atom stereocenters. The summed E-state index contributed by atoms with van der Waals surface area (Å²) in [5.74, 6) is 0. The number of carbonyl (C=O) groups is 3. The average molecular weight is 382 g/mol. The highest BCUT2D eigenvalue weighted by Gasteiger charge is 2.15. The predicted molar refractivity (Wildman–Crippen MR) is 93.9 cm³/mol. The fourth-order valence-electron chi connectivity index (χ4n) is 2.01. The third-order valence-corrected chi connectivity index (χ3v) is 3.40. The van der Waals surface area contributed by atoms with E-state index < -0.39 is 18.3 Å². The molecule has 0 aromatic rings. The molecule has 3 rings (SSSR count). The van der Waals surface area contributed by atoms with E-state index in [0.29, 0.717) is 39.6 Å². The standard InChI is InChI=1S/3C4H8N2O2.H3P/c3*7-4(8)6-2-1-5-3-6;/h3*5H,1-3H2,(H,7,8);1H3. The number of hydrogen-bond donors (Lipinski definition) is 6. The Hall–Kier alpha value is -1.88. The van der Waals surface area contributed by atoms with Gasteiger partial charge in [-0.25, -0.2) is 14.4 Å². The molecule has 3 aliphatic heterocycles. The van der Waals surface area contributed by atoms with Gasteiger partial charge in [0.25, 0.3) is 0 Å². The van der Waals surface area contributed by atoms with Gasteiger partial charge in [-0.2, -0.15) is 9.90 Å². The minimum atomic E-state index is -0.838. The van der Waals surface area contributed by atoms with E-state index in [1.165, 1.54) is 14.7 Å². The van der Waals surface area contributed by atoms with Crippen molar-refractivity contribution in [3.8, 4) is 0 Å². The van der Waals surface area contributed by atoms with E-state index in [-0.39, 0.29) is 9.90 Å². The van der Waals surface area contributed by atoms with E-state index in [1.54, 1.807) is 0 Å². The third-order valence-electron chi connectivity index (χ3n) is 3.40. The topological polar surface area (TPSA) is 158 Å². The Bertz CT molecular complexity index is 363. The van der Waals surface area contributed by atoms with Gasteiger partial charge in [-0.15, -0.1) is 0 Å². The molecule has 0 bridgehead atoms. The smallest absolute Gasteiger partial charge is 0.408 e. The van der Waals surface area contributed by atoms with Crippen LogP contribution < -0.4 is 16.0 Å². The highest BCUT2D eigenvalue weighted by molar-refractivity contribution is 6.92. The fourth-order valence-corrected chi connectivity index (χ4v) is 2.01. The summed E-state index contributed by atoms with van der Waals surface area (Å²) in [5.41, 5.74) is 0. The van der Waals surface area contributed by atoms with E-state index in [0.717, 1.165) is 19.6 Å². The fraction of sp³-hybridized carbons (Fsp3) is 0.750. The molecule has 6 N–H and O–H groups in total. The normalized spacial score (nSPS) is 18.5. The first-order valence-corrected chi connectivity index (χ1v) is 7.47. The largest absolute Gasteiger partial charge is 0.465 e. The molecule has 146 valence electrons. The Morgan fingerprint density at radius 3 is 0.920 bits per heavy atom. The Morgan fingerprint density at radius 1 is 0.600 bits per heavy atom. The number of nitrogens with one attached hydrogen (secondary N) is 3. The quantitative estimate of drug-likeness (QED) is 0.278. The van der Waals surface area contributed by atoms with Crippen LogP contribution in [-0.4, -0.2) is 108 Å². The molecule has 3 amide bonds. The van der Waals surface area contributed by atoms with E-state index in [2.05, 4.69) is 16.0 Å². The van der Waals surface area contributed by atoms with Crippen LogP contribution >= 0.6 is 9.90 Å². The molecule has 25 heavy (non-hydrogen) atoms. The molecule has 0 radical (unpaired) electrons. The molecular formula is C12H27N6O6P. The van der Waals surface area contributed by atoms with Crippen molar-refractivity contribution < 1.29 is 29.7 Å². The zero-order chi connectivity index (χ0) is 17.9. The summed E-state index contributed by atoms with van der Waals surface area (Å²) >= 11 is 0. The third kappa shape index (κ3) is 9.25. The van der Waals surface area contributed by atoms with Crippen LogP contribution in [0, 0.1) is 0 Å². The summed E-state index contributed by atoms with van der Waals surface area (Å²) in [6, 6.07) is 0. The van der Waals surface area contributed by atoms with E-state index in [9.17, 15) is 14.4 Å². The van der Waals surface area contributed by atoms with Gasteiger partial charge in [0.05, 0.1) is 20.0 Å². The predicted octanol–water partition coefficient (Wildman–Crippen LogP) is -1.36. The van der Waals surface area contributed by atoms with Gasteiger partial charge in [-0.1, -0.05) is 0 Å². The average Bonchev–Trinajstić information content (AvgIpc) is 3.29. The second-order valence-corrected chi connectivity index (χ2v) is 5.11. The molecular weight excluding hydrogens is 355 g/mol. The van der Waals surface area contributed by atoms with Gasteiger partial charge in [0.1, 0.15) is 0 Å². The van der Waals surface area contributed by atoms with Gasteiger partial charge < -0.3 is 15.3 Å². The highest BCUT2D eigenvalue weighted by atomic mass is 31.0. The summed E-state index contributed by atoms with van der Waals surface area (Å²) in [6.45, 7) is 5.66. The number of hydrogen-bond acceptors (Lipinski definition) is 6. The van der Waals surface area contributed by atoms with Gasteiger partial charge >= 0.3 is 18.3 Å². The van der Waals surface area contributed by atoms with Crippen molar-refractivity contribution in [2.75, 3.05) is 59.3 Å². The minimum Gasteiger partial charge on any atom is -0.465 e. The molecule has 0 aromatic carbocycles. The van der Waals surface area contributed by atoms with Crippen molar-refractivity contribution in [2.45, 2.75) is 0 Å². The molecule has 0 spiro atoms. The van der Waals surface area contributed by atoms with Gasteiger partial charge in [0.15, 0.2) is 0 Å². The summed E-state index contributed by atoms with van der Waals surface area (Å²) in [5, 5.41) is 33.6. The molecule has 0 saturated carbocycles. The molecule has 3 saturated heterocycles. The van der Waals surface area contributed by atoms with Crippen molar-refractivity contribution in [3.63, 3.8) is 0 Å². The lowest BCUT2D eigenvalue weighted by molar-refractivity contribution is 0.154. The van der Waals surface area contributed by atoms with Gasteiger partial charge in [-0.05, 0) is 0 Å². The Morgan fingerprint density at radius 2 is 0.840 bits per heavy atom. The summed E-state index contributed by atoms with van der Waals surface area (Å²) in [4.78, 5) is 34.3. The Kier molecular flexibility index (Phi) is 11.5. The van der Waals surface area contributed by atoms with Crippen LogP contribution in [0.3, 0.4) is 0 Å². The van der Waals surface area contributed by atoms with Gasteiger partial charge in [-0.3, -0.25) is 30.7 Å². The van der Waals surface area contributed by atoms with Crippen LogP contribution in [0.1, 0.15) is 0 Å². The number of amides is 3. The second kappa shape index (κ2) is 12.5. The van der Waals surface area contributed by atoms with Crippen LogP contribution in [0.5, 0.6) is 0 Å². The summed E-state index contributed by atoms with van der Waals surface area (Å²) < 4.78 is 0. The van der Waals surface area contributed by atoms with Crippen LogP contribution in [-0.2, 0) is 0 Å². The van der Waals surface area contributed by atoms with Crippen LogP contribution in [0.4, 0.5) is 14.4 Å². The lowest BCUT2D eigenvalue weighted by Gasteiger charge is -2.06. The lowest BCUT2D eigenvalue weighted by Crippen LogP contribution is -2.27. The first-order chi connectivity index (χ1) is 11.4. The second-order valence-electron chi connectivity index (χ2n) is 5.11. The highest BCUT2D eigenvalue weighted by Crippen LogP contribution is 1.92. The number of rotatable bonds is 0. The molecule has 1 atom stereocenters. The Balaban J connectivity index is 0.000000339. The van der Waals surface area contributed by atoms with E-state index in [1.807, 2.05) is 0 Å². The maximum absolute atomic E-state index is 10.1. The Labute approximate surface area is 148 Å². The van der Waals surface area contributed by atoms with Crippen molar-refractivity contribution >= 4 is 28.2 Å². The maximum atomic E-state index is 10.1. The van der Waals surface area contributed by atoms with Gasteiger partial charge in [0, 0.05) is 39.3 Å². The first kappa shape index (κ1) is 23.1. The molecule has 0 aliphatic carbocycles. The van der Waals surface area contributed by atoms with E-state index in [4.69, 9.17) is 15.3 Å². The first-order valence-electron chi connectivity index (χ1n) is 7.47. The molecule has 12 nitrogen and oxygen atoms in total. The van der Waals surface area contributed by atoms with Gasteiger partial charge in [0.2, 0.25) is 0 Å². The zero-order valence-corrected chi connectivity index (χ0v) is 15.4. The molecule has 3 aliphatic rings. The molecule has 3 heterocycles. The molecule has 13 heteroatoms. The lowest BCUT2D eigenvalue weighted by atomic mass is 10.6. The number of nitrogens with zero attached hydrogens (tertiary/aromatic N) is 3. The summed E-state index contributed by atoms with van der Waals surface area (Å²) in [7, 11) is 0. The van der Waals surface area contributed by atoms with Crippen molar-refractivity contribution in [3.05, 3.63) is 0 Å². The minimum absolute atomic E-state index is 0. The van der Waals surface area contributed by atoms with E-state index >= 15 is 0 Å². The van der Waals surface area contributed by atoms with Crippen molar-refractivity contribution in [1.82, 2.24) is 30.7 Å². The molecule has 0 aromatic heterocycles. The van der Waals surface area contributed by atoms with Crippen molar-refractivity contribution in [2.24, 2.45) is 0 Å². The molecule has 3 fully saturated rings. The van der Waals surface area contributed by atoms with Crippen LogP contribution in [0.25, 0.3) is 0 Å². The van der Waals surface area contributed by atoms with Crippen LogP contribution in [0.2, 0.25) is 0 Å². The number of carboxylic acid groups (broad SMARTS) is 3. The summed E-state index contributed by atoms with van der Waals surface area (Å²) in [6.07, 6.45) is -2.51. The maximum Gasteiger partial charge on any atom is 0.408 e.